The molecule has 0 fully saturated rings. The normalized spacial score (nSPS) is 12.1. The van der Waals surface area contributed by atoms with Crippen LogP contribution in [0.15, 0.2) is 53.9 Å². The van der Waals surface area contributed by atoms with Gasteiger partial charge in [0.2, 0.25) is 6.41 Å². The summed E-state index contributed by atoms with van der Waals surface area (Å²) in [6, 6.07) is 6.89. The van der Waals surface area contributed by atoms with Crippen molar-refractivity contribution in [3.63, 3.8) is 0 Å². The molecule has 0 atom stereocenters. The number of rotatable bonds is 5. The summed E-state index contributed by atoms with van der Waals surface area (Å²) in [5.41, 5.74) is 12.6. The van der Waals surface area contributed by atoms with Crippen LogP contribution < -0.4 is 16.8 Å². The molecule has 0 bridgehead atoms. The lowest BCUT2D eigenvalue weighted by Crippen LogP contribution is -2.04. The van der Waals surface area contributed by atoms with E-state index in [0.717, 1.165) is 28.7 Å². The minimum Gasteiger partial charge on any atom is -0.404 e. The summed E-state index contributed by atoms with van der Waals surface area (Å²) in [7, 11) is 0. The molecule has 2 heterocycles. The molecule has 1 amide bonds. The van der Waals surface area contributed by atoms with Crippen molar-refractivity contribution in [1.82, 2.24) is 9.97 Å². The van der Waals surface area contributed by atoms with Gasteiger partial charge in [-0.3, -0.25) is 9.79 Å². The number of aromatic nitrogens is 2. The molecule has 7 nitrogen and oxygen atoms in total. The van der Waals surface area contributed by atoms with E-state index in [2.05, 4.69) is 26.0 Å². The predicted molar refractivity (Wildman–Crippen MR) is 117 cm³/mol. The van der Waals surface area contributed by atoms with Gasteiger partial charge in [-0.05, 0) is 44.2 Å². The fraction of sp³-hybridized carbons (Fsp3) is 0.190. The lowest BCUT2D eigenvalue weighted by molar-refractivity contribution is -0.137. The van der Waals surface area contributed by atoms with Gasteiger partial charge in [0, 0.05) is 53.1 Å². The van der Waals surface area contributed by atoms with E-state index >= 15 is 0 Å². The number of H-pyrrole nitrogens is 1. The fourth-order valence-corrected chi connectivity index (χ4v) is 2.61. The third-order valence-electron chi connectivity index (χ3n) is 4.05. The first-order chi connectivity index (χ1) is 14.7. The first-order valence-corrected chi connectivity index (χ1v) is 9.21. The third kappa shape index (κ3) is 6.33. The number of anilines is 2. The van der Waals surface area contributed by atoms with Crippen LogP contribution in [0.25, 0.3) is 16.6 Å². The molecule has 0 saturated carbocycles. The highest BCUT2D eigenvalue weighted by Crippen LogP contribution is 2.32. The van der Waals surface area contributed by atoms with E-state index in [1.165, 1.54) is 18.3 Å². The van der Waals surface area contributed by atoms with Crippen molar-refractivity contribution < 1.29 is 18.0 Å². The number of hydrogen-bond donors (Lipinski definition) is 4. The molecule has 3 aromatic rings. The van der Waals surface area contributed by atoms with Crippen molar-refractivity contribution in [3.8, 4) is 0 Å². The number of carbonyl (C=O) groups is 1. The molecule has 0 saturated heterocycles. The average molecular weight is 432 g/mol. The van der Waals surface area contributed by atoms with E-state index in [1.54, 1.807) is 18.6 Å². The number of nitrogens with two attached hydrogens (primary N) is 2. The van der Waals surface area contributed by atoms with Crippen LogP contribution in [0.2, 0.25) is 0 Å². The molecule has 0 aliphatic heterocycles. The van der Waals surface area contributed by atoms with Gasteiger partial charge in [0.1, 0.15) is 5.65 Å². The summed E-state index contributed by atoms with van der Waals surface area (Å²) in [6.45, 7) is 3.93. The summed E-state index contributed by atoms with van der Waals surface area (Å²) < 4.78 is 38.1. The van der Waals surface area contributed by atoms with Crippen molar-refractivity contribution in [1.29, 1.82) is 0 Å². The number of allylic oxidation sites excluding steroid dienone is 1. The SMILES string of the molecule is CC(C)N=C/C(=C\N)c1cnc2[nH]cc(Nc3ccc(C(F)(F)F)cc3)c2c1.NC=O. The Hall–Kier alpha value is -3.82. The highest BCUT2D eigenvalue weighted by Gasteiger charge is 2.29. The molecular weight excluding hydrogens is 409 g/mol. The second kappa shape index (κ2) is 10.3. The Labute approximate surface area is 177 Å². The zero-order valence-corrected chi connectivity index (χ0v) is 16.9. The maximum absolute atomic E-state index is 12.7. The lowest BCUT2D eigenvalue weighted by atomic mass is 10.1. The van der Waals surface area contributed by atoms with Crippen molar-refractivity contribution in [2.75, 3.05) is 5.32 Å². The number of aromatic amines is 1. The number of primary amides is 1. The smallest absolute Gasteiger partial charge is 0.404 e. The zero-order chi connectivity index (χ0) is 23.0. The first-order valence-electron chi connectivity index (χ1n) is 9.21. The molecule has 164 valence electrons. The summed E-state index contributed by atoms with van der Waals surface area (Å²) in [4.78, 5) is 20.3. The van der Waals surface area contributed by atoms with E-state index in [0.29, 0.717) is 17.0 Å². The van der Waals surface area contributed by atoms with Crippen LogP contribution in [0.5, 0.6) is 0 Å². The summed E-state index contributed by atoms with van der Waals surface area (Å²) in [6.07, 6.45) is 2.45. The number of alkyl halides is 3. The highest BCUT2D eigenvalue weighted by molar-refractivity contribution is 6.10. The fourth-order valence-electron chi connectivity index (χ4n) is 2.61. The van der Waals surface area contributed by atoms with Gasteiger partial charge < -0.3 is 21.8 Å². The molecule has 2 aromatic heterocycles. The number of carbonyl (C=O) groups excluding carboxylic acids is 1. The Morgan fingerprint density at radius 3 is 2.42 bits per heavy atom. The maximum atomic E-state index is 12.7. The molecule has 0 radical (unpaired) electrons. The van der Waals surface area contributed by atoms with E-state index < -0.39 is 11.7 Å². The molecule has 10 heteroatoms. The van der Waals surface area contributed by atoms with Gasteiger partial charge in [-0.15, -0.1) is 0 Å². The number of nitrogens with one attached hydrogen (secondary N) is 2. The van der Waals surface area contributed by atoms with Gasteiger partial charge in [0.15, 0.2) is 0 Å². The topological polar surface area (TPSA) is 122 Å². The largest absolute Gasteiger partial charge is 0.416 e. The molecular formula is C21H23F3N6O. The second-order valence-electron chi connectivity index (χ2n) is 6.65. The zero-order valence-electron chi connectivity index (χ0n) is 16.9. The molecule has 0 aliphatic carbocycles. The summed E-state index contributed by atoms with van der Waals surface area (Å²) in [5, 5.41) is 3.90. The molecule has 0 unspecified atom stereocenters. The Morgan fingerprint density at radius 2 is 1.87 bits per heavy atom. The van der Waals surface area contributed by atoms with Gasteiger partial charge in [-0.25, -0.2) is 4.98 Å². The molecule has 1 aromatic carbocycles. The molecule has 31 heavy (non-hydrogen) atoms. The monoisotopic (exact) mass is 432 g/mol. The third-order valence-corrected chi connectivity index (χ3v) is 4.05. The lowest BCUT2D eigenvalue weighted by Gasteiger charge is -2.09. The standard InChI is InChI=1S/C20H20F3N5.CH3NO/c1-12(2)25-10-14(8-24)13-7-17-18(11-27-19(17)26-9-13)28-16-5-3-15(4-6-16)20(21,22)23;2-1-3/h3-12,28H,24H2,1-2H3,(H,26,27);1H,(H2,2,3)/b14-8+,25-10?;. The minimum absolute atomic E-state index is 0.135. The summed E-state index contributed by atoms with van der Waals surface area (Å²) in [5.74, 6) is 0. The van der Waals surface area contributed by atoms with Crippen LogP contribution in [0.4, 0.5) is 24.5 Å². The Morgan fingerprint density at radius 1 is 1.23 bits per heavy atom. The van der Waals surface area contributed by atoms with Gasteiger partial charge in [-0.2, -0.15) is 13.2 Å². The number of fused-ring (bicyclic) bond motifs is 1. The summed E-state index contributed by atoms with van der Waals surface area (Å²) >= 11 is 0. The number of amides is 1. The van der Waals surface area contributed by atoms with Crippen LogP contribution in [0.3, 0.4) is 0 Å². The van der Waals surface area contributed by atoms with Gasteiger partial charge >= 0.3 is 6.18 Å². The Balaban J connectivity index is 0.00000107. The number of hydrogen-bond acceptors (Lipinski definition) is 5. The van der Waals surface area contributed by atoms with Crippen molar-refractivity contribution in [2.45, 2.75) is 26.1 Å². The van der Waals surface area contributed by atoms with Crippen molar-refractivity contribution in [2.24, 2.45) is 16.5 Å². The predicted octanol–water partition coefficient (Wildman–Crippen LogP) is 4.21. The average Bonchev–Trinajstić information content (AvgIpc) is 3.11. The van der Waals surface area contributed by atoms with Crippen molar-refractivity contribution >= 4 is 40.6 Å². The van der Waals surface area contributed by atoms with Crippen LogP contribution >= 0.6 is 0 Å². The van der Waals surface area contributed by atoms with E-state index in [9.17, 15) is 13.2 Å². The minimum atomic E-state index is -4.36. The molecule has 6 N–H and O–H groups in total. The van der Waals surface area contributed by atoms with Crippen molar-refractivity contribution in [3.05, 3.63) is 60.1 Å². The van der Waals surface area contributed by atoms with Gasteiger partial charge in [-0.1, -0.05) is 0 Å². The molecule has 3 rings (SSSR count). The van der Waals surface area contributed by atoms with E-state index in [4.69, 9.17) is 10.5 Å². The number of pyridine rings is 1. The van der Waals surface area contributed by atoms with Crippen LogP contribution in [-0.2, 0) is 11.0 Å². The van der Waals surface area contributed by atoms with E-state index in [-0.39, 0.29) is 12.5 Å². The number of benzene rings is 1. The van der Waals surface area contributed by atoms with Gasteiger partial charge in [0.05, 0.1) is 11.3 Å². The molecule has 0 spiro atoms. The van der Waals surface area contributed by atoms with E-state index in [1.807, 2.05) is 19.9 Å². The molecule has 0 aliphatic rings. The highest BCUT2D eigenvalue weighted by atomic mass is 19.4. The Kier molecular flexibility index (Phi) is 7.78. The van der Waals surface area contributed by atoms with Gasteiger partial charge in [0.25, 0.3) is 0 Å². The maximum Gasteiger partial charge on any atom is 0.416 e. The van der Waals surface area contributed by atoms with Crippen LogP contribution in [-0.4, -0.2) is 28.6 Å². The quantitative estimate of drug-likeness (QED) is 0.356. The second-order valence-corrected chi connectivity index (χ2v) is 6.65. The van der Waals surface area contributed by atoms with Crippen LogP contribution in [0.1, 0.15) is 25.0 Å². The van der Waals surface area contributed by atoms with Crippen LogP contribution in [0, 0.1) is 0 Å². The Bertz CT molecular complexity index is 1070. The first kappa shape index (κ1) is 23.5. The number of halogens is 3. The number of nitrogens with zero attached hydrogens (tertiary/aromatic N) is 2. The number of aliphatic imine (C=N–C) groups is 1.